The predicted molar refractivity (Wildman–Crippen MR) is 107 cm³/mol. The molecule has 1 unspecified atom stereocenters. The van der Waals surface area contributed by atoms with Crippen LogP contribution in [0.3, 0.4) is 0 Å². The summed E-state index contributed by atoms with van der Waals surface area (Å²) in [5.74, 6) is 1.43. The van der Waals surface area contributed by atoms with Gasteiger partial charge in [0.25, 0.3) is 5.91 Å². The zero-order valence-corrected chi connectivity index (χ0v) is 17.1. The van der Waals surface area contributed by atoms with Crippen molar-refractivity contribution in [1.29, 1.82) is 0 Å². The second-order valence-corrected chi connectivity index (χ2v) is 8.30. The van der Waals surface area contributed by atoms with Crippen molar-refractivity contribution in [2.24, 2.45) is 0 Å². The second-order valence-electron chi connectivity index (χ2n) is 6.32. The summed E-state index contributed by atoms with van der Waals surface area (Å²) in [6.07, 6.45) is 3.53. The number of carbonyl (C=O) groups excluding carboxylic acids is 1. The van der Waals surface area contributed by atoms with Gasteiger partial charge in [-0.2, -0.15) is 5.10 Å². The van der Waals surface area contributed by atoms with E-state index in [-0.39, 0.29) is 11.9 Å². The van der Waals surface area contributed by atoms with E-state index in [1.807, 2.05) is 41.9 Å². The van der Waals surface area contributed by atoms with Crippen LogP contribution in [-0.4, -0.2) is 25.7 Å². The van der Waals surface area contributed by atoms with Crippen LogP contribution in [0.5, 0.6) is 0 Å². The lowest BCUT2D eigenvalue weighted by atomic mass is 10.1. The fourth-order valence-electron chi connectivity index (χ4n) is 3.10. The van der Waals surface area contributed by atoms with Crippen molar-refractivity contribution >= 4 is 33.6 Å². The van der Waals surface area contributed by atoms with Gasteiger partial charge in [-0.15, -0.1) is 0 Å². The van der Waals surface area contributed by atoms with Crippen LogP contribution in [0.4, 0.5) is 0 Å². The van der Waals surface area contributed by atoms with Gasteiger partial charge < -0.3 is 5.32 Å². The van der Waals surface area contributed by atoms with E-state index in [2.05, 4.69) is 36.3 Å². The lowest BCUT2D eigenvalue weighted by Gasteiger charge is -2.23. The molecule has 27 heavy (non-hydrogen) atoms. The summed E-state index contributed by atoms with van der Waals surface area (Å²) in [5, 5.41) is 8.20. The Morgan fingerprint density at radius 2 is 2.11 bits per heavy atom. The molecule has 6 nitrogen and oxygen atoms in total. The van der Waals surface area contributed by atoms with Gasteiger partial charge in [0, 0.05) is 22.1 Å². The number of hydrogen-bond acceptors (Lipinski definition) is 5. The molecule has 1 aliphatic heterocycles. The number of fused-ring (bicyclic) bond motifs is 1. The maximum absolute atomic E-state index is 13.0. The zero-order chi connectivity index (χ0) is 18.8. The van der Waals surface area contributed by atoms with Gasteiger partial charge in [0.15, 0.2) is 0 Å². The summed E-state index contributed by atoms with van der Waals surface area (Å²) in [7, 11) is 0. The lowest BCUT2D eigenvalue weighted by molar-refractivity contribution is 0.0923. The molecule has 3 aromatic rings. The van der Waals surface area contributed by atoms with Gasteiger partial charge in [0.05, 0.1) is 11.6 Å². The van der Waals surface area contributed by atoms with Crippen molar-refractivity contribution < 1.29 is 4.79 Å². The molecule has 138 valence electrons. The average molecular weight is 444 g/mol. The van der Waals surface area contributed by atoms with Crippen LogP contribution in [0.2, 0.25) is 0 Å². The summed E-state index contributed by atoms with van der Waals surface area (Å²) < 4.78 is 2.91. The van der Waals surface area contributed by atoms with Gasteiger partial charge >= 0.3 is 0 Å². The van der Waals surface area contributed by atoms with E-state index >= 15 is 0 Å². The van der Waals surface area contributed by atoms with Crippen molar-refractivity contribution in [1.82, 2.24) is 25.1 Å². The summed E-state index contributed by atoms with van der Waals surface area (Å²) >= 11 is 4.91. The van der Waals surface area contributed by atoms with Crippen molar-refractivity contribution in [2.75, 3.05) is 0 Å². The van der Waals surface area contributed by atoms with Crippen LogP contribution in [-0.2, 0) is 6.54 Å². The molecule has 0 saturated heterocycles. The number of amides is 1. The minimum Gasteiger partial charge on any atom is -0.342 e. The Kier molecular flexibility index (Phi) is 5.27. The quantitative estimate of drug-likeness (QED) is 0.654. The molecule has 0 fully saturated rings. The highest BCUT2D eigenvalue weighted by Crippen LogP contribution is 2.30. The van der Waals surface area contributed by atoms with Crippen LogP contribution >= 0.6 is 27.7 Å². The number of pyridine rings is 1. The Bertz CT molecular complexity index is 972. The van der Waals surface area contributed by atoms with E-state index in [9.17, 15) is 4.79 Å². The van der Waals surface area contributed by atoms with Crippen molar-refractivity contribution in [2.45, 2.75) is 42.3 Å². The molecule has 0 bridgehead atoms. The van der Waals surface area contributed by atoms with E-state index in [0.29, 0.717) is 10.6 Å². The maximum atomic E-state index is 13.0. The standard InChI is InChI=1S/C19H18BrN5OS/c1-12-22-17-16(5-3-11-25(17)24-12)23-18(26)15-4-2-10-21-19(15)27-14-8-6-13(20)7-9-14/h2,4,6-10,16H,3,5,11H2,1H3,(H,23,26). The Morgan fingerprint density at radius 3 is 2.93 bits per heavy atom. The molecule has 0 radical (unpaired) electrons. The van der Waals surface area contributed by atoms with E-state index in [1.165, 1.54) is 11.8 Å². The van der Waals surface area contributed by atoms with Gasteiger partial charge in [-0.25, -0.2) is 14.6 Å². The van der Waals surface area contributed by atoms with Gasteiger partial charge in [-0.05, 0) is 56.2 Å². The highest BCUT2D eigenvalue weighted by Gasteiger charge is 2.26. The number of benzene rings is 1. The molecule has 2 aromatic heterocycles. The normalized spacial score (nSPS) is 16.0. The first-order valence-corrected chi connectivity index (χ1v) is 10.3. The fourth-order valence-corrected chi connectivity index (χ4v) is 4.24. The third-order valence-corrected chi connectivity index (χ3v) is 5.89. The van der Waals surface area contributed by atoms with Gasteiger partial charge in [0.2, 0.25) is 0 Å². The Morgan fingerprint density at radius 1 is 1.30 bits per heavy atom. The van der Waals surface area contributed by atoms with Gasteiger partial charge in [-0.1, -0.05) is 27.7 Å². The first-order chi connectivity index (χ1) is 13.1. The van der Waals surface area contributed by atoms with Crippen molar-refractivity contribution in [3.63, 3.8) is 0 Å². The molecule has 1 amide bonds. The Balaban J connectivity index is 1.55. The number of carbonyl (C=O) groups is 1. The molecule has 8 heteroatoms. The van der Waals surface area contributed by atoms with E-state index in [0.717, 1.165) is 40.4 Å². The van der Waals surface area contributed by atoms with Gasteiger partial charge in [0.1, 0.15) is 16.7 Å². The summed E-state index contributed by atoms with van der Waals surface area (Å²) in [6.45, 7) is 2.72. The molecule has 1 atom stereocenters. The van der Waals surface area contributed by atoms with Crippen LogP contribution < -0.4 is 5.32 Å². The number of hydrogen-bond donors (Lipinski definition) is 1. The number of aryl methyl sites for hydroxylation is 2. The molecule has 1 aromatic carbocycles. The van der Waals surface area contributed by atoms with Crippen LogP contribution in [0.15, 0.2) is 57.0 Å². The molecule has 1 aliphatic rings. The molecule has 1 N–H and O–H groups in total. The third-order valence-electron chi connectivity index (χ3n) is 4.33. The van der Waals surface area contributed by atoms with E-state index in [1.54, 1.807) is 12.3 Å². The van der Waals surface area contributed by atoms with Crippen LogP contribution in [0, 0.1) is 6.92 Å². The summed E-state index contributed by atoms with van der Waals surface area (Å²) in [4.78, 5) is 22.9. The first kappa shape index (κ1) is 18.2. The maximum Gasteiger partial charge on any atom is 0.254 e. The lowest BCUT2D eigenvalue weighted by Crippen LogP contribution is -2.33. The number of halogens is 1. The molecule has 4 rings (SSSR count). The smallest absolute Gasteiger partial charge is 0.254 e. The topological polar surface area (TPSA) is 72.7 Å². The zero-order valence-electron chi connectivity index (χ0n) is 14.7. The average Bonchev–Trinajstić information content (AvgIpc) is 3.05. The largest absolute Gasteiger partial charge is 0.342 e. The summed E-state index contributed by atoms with van der Waals surface area (Å²) in [5.41, 5.74) is 0.568. The SMILES string of the molecule is Cc1nc2n(n1)CCCC2NC(=O)c1cccnc1Sc1ccc(Br)cc1. The Labute approximate surface area is 169 Å². The molecule has 0 saturated carbocycles. The fraction of sp³-hybridized carbons (Fsp3) is 0.263. The molecular formula is C19H18BrN5OS. The predicted octanol–water partition coefficient (Wildman–Crippen LogP) is 4.16. The van der Waals surface area contributed by atoms with Crippen molar-refractivity contribution in [3.05, 3.63) is 64.3 Å². The summed E-state index contributed by atoms with van der Waals surface area (Å²) in [6, 6.07) is 11.4. The highest BCUT2D eigenvalue weighted by molar-refractivity contribution is 9.10. The first-order valence-electron chi connectivity index (χ1n) is 8.71. The second kappa shape index (κ2) is 7.82. The highest BCUT2D eigenvalue weighted by atomic mass is 79.9. The van der Waals surface area contributed by atoms with E-state index < -0.39 is 0 Å². The number of nitrogens with one attached hydrogen (secondary N) is 1. The van der Waals surface area contributed by atoms with E-state index in [4.69, 9.17) is 0 Å². The molecule has 3 heterocycles. The minimum atomic E-state index is -0.137. The third kappa shape index (κ3) is 4.06. The van der Waals surface area contributed by atoms with Gasteiger partial charge in [-0.3, -0.25) is 4.79 Å². The molecule has 0 spiro atoms. The van der Waals surface area contributed by atoms with Crippen molar-refractivity contribution in [3.8, 4) is 0 Å². The number of nitrogens with zero attached hydrogens (tertiary/aromatic N) is 4. The number of rotatable bonds is 4. The van der Waals surface area contributed by atoms with Crippen LogP contribution in [0.25, 0.3) is 0 Å². The molecular weight excluding hydrogens is 426 g/mol. The van der Waals surface area contributed by atoms with Crippen LogP contribution in [0.1, 0.15) is 40.9 Å². The number of aromatic nitrogens is 4. The minimum absolute atomic E-state index is 0.127. The Hall–Kier alpha value is -2.19. The molecule has 0 aliphatic carbocycles. The monoisotopic (exact) mass is 443 g/mol.